The lowest BCUT2D eigenvalue weighted by molar-refractivity contribution is -0.173. The first-order chi connectivity index (χ1) is 13.8. The van der Waals surface area contributed by atoms with Crippen LogP contribution in [0.25, 0.3) is 0 Å². The van der Waals surface area contributed by atoms with E-state index in [1.165, 1.54) is 0 Å². The van der Waals surface area contributed by atoms with Crippen LogP contribution >= 0.6 is 0 Å². The average molecular weight is 383 g/mol. The van der Waals surface area contributed by atoms with Crippen LogP contribution in [0.2, 0.25) is 0 Å². The van der Waals surface area contributed by atoms with Gasteiger partial charge in [0.2, 0.25) is 0 Å². The minimum Gasteiger partial charge on any atom is -0.343 e. The van der Waals surface area contributed by atoms with E-state index < -0.39 is 11.6 Å². The summed E-state index contributed by atoms with van der Waals surface area (Å²) in [5.74, 6) is -1.10. The lowest BCUT2D eigenvalue weighted by Gasteiger charge is -2.29. The summed E-state index contributed by atoms with van der Waals surface area (Å²) in [4.78, 5) is 0. The van der Waals surface area contributed by atoms with Gasteiger partial charge in [-0.2, -0.15) is 0 Å². The summed E-state index contributed by atoms with van der Waals surface area (Å²) in [6, 6.07) is 20.7. The van der Waals surface area contributed by atoms with E-state index in [0.717, 1.165) is 49.7 Å². The minimum atomic E-state index is -0.551. The lowest BCUT2D eigenvalue weighted by Crippen LogP contribution is -2.27. The number of hydrogen-bond acceptors (Lipinski definition) is 4. The maximum atomic E-state index is 6.03. The van der Waals surface area contributed by atoms with Crippen LogP contribution in [0, 0.1) is 0 Å². The molecule has 2 saturated heterocycles. The van der Waals surface area contributed by atoms with Gasteiger partial charge in [0.05, 0.1) is 26.4 Å². The molecule has 4 nitrogen and oxygen atoms in total. The predicted octanol–water partition coefficient (Wildman–Crippen LogP) is 5.13. The quantitative estimate of drug-likeness (QED) is 0.564. The van der Waals surface area contributed by atoms with Gasteiger partial charge in [0.1, 0.15) is 0 Å². The van der Waals surface area contributed by atoms with Gasteiger partial charge in [-0.25, -0.2) is 0 Å². The number of benzene rings is 2. The van der Waals surface area contributed by atoms with E-state index in [1.807, 2.05) is 36.4 Å². The van der Waals surface area contributed by atoms with Crippen LogP contribution < -0.4 is 0 Å². The van der Waals surface area contributed by atoms with E-state index >= 15 is 0 Å². The Kier molecular flexibility index (Phi) is 6.43. The topological polar surface area (TPSA) is 36.9 Å². The fraction of sp³-hybridized carbons (Fsp3) is 0.500. The third-order valence-electron chi connectivity index (χ3n) is 5.70. The van der Waals surface area contributed by atoms with Crippen molar-refractivity contribution in [1.29, 1.82) is 0 Å². The average Bonchev–Trinajstić information content (AvgIpc) is 3.43. The summed E-state index contributed by atoms with van der Waals surface area (Å²) in [5.41, 5.74) is 2.26. The largest absolute Gasteiger partial charge is 0.343 e. The van der Waals surface area contributed by atoms with E-state index in [1.54, 1.807) is 0 Å². The first-order valence-electron chi connectivity index (χ1n) is 10.5. The highest BCUT2D eigenvalue weighted by atomic mass is 16.7. The molecule has 0 unspecified atom stereocenters. The molecule has 2 aromatic rings. The summed E-state index contributed by atoms with van der Waals surface area (Å²) in [7, 11) is 0. The maximum Gasteiger partial charge on any atom is 0.194 e. The van der Waals surface area contributed by atoms with Crippen LogP contribution in [0.1, 0.15) is 49.7 Å². The van der Waals surface area contributed by atoms with Crippen molar-refractivity contribution in [3.63, 3.8) is 0 Å². The second-order valence-electron chi connectivity index (χ2n) is 7.55. The van der Waals surface area contributed by atoms with Gasteiger partial charge in [0, 0.05) is 24.0 Å². The van der Waals surface area contributed by atoms with Crippen LogP contribution in [0.3, 0.4) is 0 Å². The van der Waals surface area contributed by atoms with Gasteiger partial charge in [0.15, 0.2) is 11.6 Å². The van der Waals surface area contributed by atoms with Crippen molar-refractivity contribution >= 4 is 0 Å². The molecule has 0 spiro atoms. The second-order valence-corrected chi connectivity index (χ2v) is 7.55. The van der Waals surface area contributed by atoms with Gasteiger partial charge >= 0.3 is 0 Å². The number of ether oxygens (including phenoxy) is 4. The molecule has 2 fully saturated rings. The zero-order valence-electron chi connectivity index (χ0n) is 16.5. The zero-order chi connectivity index (χ0) is 19.1. The van der Waals surface area contributed by atoms with Gasteiger partial charge in [-0.15, -0.1) is 0 Å². The Balaban J connectivity index is 1.25. The van der Waals surface area contributed by atoms with Crippen LogP contribution in [0.15, 0.2) is 60.7 Å². The highest BCUT2D eigenvalue weighted by Crippen LogP contribution is 2.38. The molecule has 2 aliphatic rings. The lowest BCUT2D eigenvalue weighted by atomic mass is 9.96. The first kappa shape index (κ1) is 19.6. The molecule has 0 N–H and O–H groups in total. The van der Waals surface area contributed by atoms with Crippen molar-refractivity contribution in [2.24, 2.45) is 0 Å². The van der Waals surface area contributed by atoms with E-state index in [-0.39, 0.29) is 0 Å². The highest BCUT2D eigenvalue weighted by Gasteiger charge is 2.39. The summed E-state index contributed by atoms with van der Waals surface area (Å²) in [6.07, 6.45) is 6.24. The molecule has 0 bridgehead atoms. The Morgan fingerprint density at radius 1 is 0.500 bits per heavy atom. The smallest absolute Gasteiger partial charge is 0.194 e. The van der Waals surface area contributed by atoms with Crippen LogP contribution in [-0.4, -0.2) is 26.4 Å². The predicted molar refractivity (Wildman–Crippen MR) is 108 cm³/mol. The Bertz CT molecular complexity index is 640. The fourth-order valence-electron chi connectivity index (χ4n) is 4.27. The molecule has 4 heteroatoms. The van der Waals surface area contributed by atoms with Gasteiger partial charge < -0.3 is 18.9 Å². The first-order valence-corrected chi connectivity index (χ1v) is 10.5. The Labute approximate surface area is 167 Å². The van der Waals surface area contributed by atoms with Crippen LogP contribution in [-0.2, 0) is 30.5 Å². The maximum absolute atomic E-state index is 6.03. The van der Waals surface area contributed by atoms with Gasteiger partial charge in [-0.3, -0.25) is 0 Å². The second kappa shape index (κ2) is 9.19. The molecular weight excluding hydrogens is 352 g/mol. The van der Waals surface area contributed by atoms with Gasteiger partial charge in [-0.1, -0.05) is 73.5 Å². The standard InChI is InChI=1S/C24H30O4/c1(9-15-23(25-17-18-26-23)21-11-5-3-6-12-21)2-10-16-24(27-19-20-28-24)22-13-7-4-8-14-22/h3-8,11-14H,1-2,9-10,15-20H2. The van der Waals surface area contributed by atoms with E-state index in [0.29, 0.717) is 26.4 Å². The molecule has 4 rings (SSSR count). The zero-order valence-corrected chi connectivity index (χ0v) is 16.5. The molecule has 2 heterocycles. The molecule has 0 saturated carbocycles. The van der Waals surface area contributed by atoms with Crippen molar-refractivity contribution in [3.05, 3.63) is 71.8 Å². The third-order valence-corrected chi connectivity index (χ3v) is 5.70. The Hall–Kier alpha value is -1.72. The molecule has 150 valence electrons. The van der Waals surface area contributed by atoms with Crippen molar-refractivity contribution in [2.45, 2.75) is 50.1 Å². The summed E-state index contributed by atoms with van der Waals surface area (Å²) in [5, 5.41) is 0. The minimum absolute atomic E-state index is 0.551. The molecule has 28 heavy (non-hydrogen) atoms. The van der Waals surface area contributed by atoms with Gasteiger partial charge in [-0.05, 0) is 12.8 Å². The molecule has 0 amide bonds. The molecule has 0 aromatic heterocycles. The highest BCUT2D eigenvalue weighted by molar-refractivity contribution is 5.21. The van der Waals surface area contributed by atoms with Crippen LogP contribution in [0.4, 0.5) is 0 Å². The van der Waals surface area contributed by atoms with Crippen LogP contribution in [0.5, 0.6) is 0 Å². The van der Waals surface area contributed by atoms with E-state index in [4.69, 9.17) is 18.9 Å². The Morgan fingerprint density at radius 3 is 1.21 bits per heavy atom. The summed E-state index contributed by atoms with van der Waals surface area (Å²) in [6.45, 7) is 2.68. The Morgan fingerprint density at radius 2 is 0.857 bits per heavy atom. The molecule has 0 atom stereocenters. The van der Waals surface area contributed by atoms with Crippen molar-refractivity contribution in [3.8, 4) is 0 Å². The van der Waals surface area contributed by atoms with Crippen molar-refractivity contribution < 1.29 is 18.9 Å². The van der Waals surface area contributed by atoms with Crippen molar-refractivity contribution in [2.75, 3.05) is 26.4 Å². The van der Waals surface area contributed by atoms with E-state index in [9.17, 15) is 0 Å². The monoisotopic (exact) mass is 382 g/mol. The summed E-state index contributed by atoms with van der Waals surface area (Å²) < 4.78 is 24.1. The fourth-order valence-corrected chi connectivity index (χ4v) is 4.27. The molecule has 2 aliphatic heterocycles. The van der Waals surface area contributed by atoms with Gasteiger partial charge in [0.25, 0.3) is 0 Å². The SMILES string of the molecule is c1ccc(C2(CCCCCCC3(c4ccccc4)OCCO3)OCCO2)cc1. The molecule has 0 radical (unpaired) electrons. The number of unbranched alkanes of at least 4 members (excludes halogenated alkanes) is 3. The summed E-state index contributed by atoms with van der Waals surface area (Å²) >= 11 is 0. The molecule has 2 aromatic carbocycles. The molecule has 0 aliphatic carbocycles. The number of hydrogen-bond donors (Lipinski definition) is 0. The molecular formula is C24H30O4. The van der Waals surface area contributed by atoms with E-state index in [2.05, 4.69) is 24.3 Å². The third kappa shape index (κ3) is 4.31. The number of rotatable bonds is 9. The van der Waals surface area contributed by atoms with Crippen molar-refractivity contribution in [1.82, 2.24) is 0 Å². The normalized spacial score (nSPS) is 20.4.